The number of halogens is 3. The summed E-state index contributed by atoms with van der Waals surface area (Å²) in [5.41, 5.74) is 2.82. The SMILES string of the molecule is O=C(NCCc1nc2ccccc2[nH]1)c1ccc(COCC(F)(F)F)cc1. The number of alkyl halides is 3. The molecule has 1 amide bonds. The third-order valence-corrected chi connectivity index (χ3v) is 3.84. The van der Waals surface area contributed by atoms with E-state index in [1.165, 1.54) is 0 Å². The highest BCUT2D eigenvalue weighted by atomic mass is 19.4. The second-order valence-corrected chi connectivity index (χ2v) is 6.01. The molecule has 27 heavy (non-hydrogen) atoms. The number of fused-ring (bicyclic) bond motifs is 1. The number of H-pyrrole nitrogens is 1. The van der Waals surface area contributed by atoms with Gasteiger partial charge in [0.25, 0.3) is 5.91 Å². The number of ether oxygens (including phenoxy) is 1. The summed E-state index contributed by atoms with van der Waals surface area (Å²) in [5.74, 6) is 0.530. The van der Waals surface area contributed by atoms with Crippen LogP contribution in [-0.2, 0) is 17.8 Å². The van der Waals surface area contributed by atoms with Crippen LogP contribution in [0.5, 0.6) is 0 Å². The first kappa shape index (κ1) is 18.9. The summed E-state index contributed by atoms with van der Waals surface area (Å²) >= 11 is 0. The number of amides is 1. The van der Waals surface area contributed by atoms with E-state index in [1.807, 2.05) is 24.3 Å². The molecular weight excluding hydrogens is 359 g/mol. The van der Waals surface area contributed by atoms with Crippen molar-refractivity contribution >= 4 is 16.9 Å². The number of rotatable bonds is 7. The average molecular weight is 377 g/mol. The van der Waals surface area contributed by atoms with Crippen LogP contribution in [0.3, 0.4) is 0 Å². The maximum absolute atomic E-state index is 12.1. The van der Waals surface area contributed by atoms with Crippen LogP contribution in [-0.4, -0.2) is 35.2 Å². The molecule has 0 atom stereocenters. The zero-order valence-electron chi connectivity index (χ0n) is 14.3. The minimum absolute atomic E-state index is 0.159. The van der Waals surface area contributed by atoms with Crippen molar-refractivity contribution in [2.24, 2.45) is 0 Å². The van der Waals surface area contributed by atoms with Crippen molar-refractivity contribution in [3.8, 4) is 0 Å². The smallest absolute Gasteiger partial charge is 0.367 e. The first-order valence-electron chi connectivity index (χ1n) is 8.36. The molecule has 0 fully saturated rings. The highest BCUT2D eigenvalue weighted by molar-refractivity contribution is 5.94. The summed E-state index contributed by atoms with van der Waals surface area (Å²) < 4.78 is 40.7. The van der Waals surface area contributed by atoms with E-state index in [1.54, 1.807) is 24.3 Å². The summed E-state index contributed by atoms with van der Waals surface area (Å²) in [6.07, 6.45) is -3.79. The molecule has 0 bridgehead atoms. The number of aromatic nitrogens is 2. The lowest BCUT2D eigenvalue weighted by Gasteiger charge is -2.08. The highest BCUT2D eigenvalue weighted by Gasteiger charge is 2.27. The zero-order chi connectivity index (χ0) is 19.3. The average Bonchev–Trinajstić information content (AvgIpc) is 3.04. The molecule has 0 spiro atoms. The van der Waals surface area contributed by atoms with Gasteiger partial charge in [0.15, 0.2) is 0 Å². The highest BCUT2D eigenvalue weighted by Crippen LogP contribution is 2.16. The fourth-order valence-electron chi connectivity index (χ4n) is 2.56. The molecular formula is C19H18F3N3O2. The number of nitrogens with one attached hydrogen (secondary N) is 2. The summed E-state index contributed by atoms with van der Waals surface area (Å²) in [4.78, 5) is 19.8. The van der Waals surface area contributed by atoms with Crippen LogP contribution in [0.25, 0.3) is 11.0 Å². The molecule has 3 rings (SSSR count). The van der Waals surface area contributed by atoms with Crippen LogP contribution in [0.15, 0.2) is 48.5 Å². The van der Waals surface area contributed by atoms with E-state index in [-0.39, 0.29) is 12.5 Å². The molecule has 0 aliphatic rings. The van der Waals surface area contributed by atoms with Gasteiger partial charge >= 0.3 is 6.18 Å². The fraction of sp³-hybridized carbons (Fsp3) is 0.263. The van der Waals surface area contributed by atoms with Crippen molar-refractivity contribution < 1.29 is 22.7 Å². The third kappa shape index (κ3) is 5.55. The number of aromatic amines is 1. The predicted octanol–water partition coefficient (Wildman–Crippen LogP) is 3.61. The molecule has 0 radical (unpaired) electrons. The molecule has 1 heterocycles. The van der Waals surface area contributed by atoms with Crippen LogP contribution in [0.4, 0.5) is 13.2 Å². The number of carbonyl (C=O) groups excluding carboxylic acids is 1. The van der Waals surface area contributed by atoms with Crippen LogP contribution < -0.4 is 5.32 Å². The normalized spacial score (nSPS) is 11.7. The van der Waals surface area contributed by atoms with Crippen LogP contribution in [0.1, 0.15) is 21.7 Å². The van der Waals surface area contributed by atoms with Crippen molar-refractivity contribution in [2.75, 3.05) is 13.2 Å². The minimum Gasteiger partial charge on any atom is -0.367 e. The monoisotopic (exact) mass is 377 g/mol. The van der Waals surface area contributed by atoms with Crippen molar-refractivity contribution in [3.05, 3.63) is 65.5 Å². The number of hydrogen-bond acceptors (Lipinski definition) is 3. The molecule has 0 unspecified atom stereocenters. The second kappa shape index (κ2) is 8.22. The number of nitrogens with zero attached hydrogens (tertiary/aromatic N) is 1. The van der Waals surface area contributed by atoms with E-state index in [4.69, 9.17) is 0 Å². The molecule has 5 nitrogen and oxygen atoms in total. The zero-order valence-corrected chi connectivity index (χ0v) is 14.3. The molecule has 0 aliphatic heterocycles. The van der Waals surface area contributed by atoms with Gasteiger partial charge in [-0.2, -0.15) is 13.2 Å². The number of hydrogen-bond donors (Lipinski definition) is 2. The molecule has 0 saturated heterocycles. The molecule has 0 aliphatic carbocycles. The van der Waals surface area contributed by atoms with E-state index < -0.39 is 12.8 Å². The Morgan fingerprint density at radius 2 is 1.85 bits per heavy atom. The van der Waals surface area contributed by atoms with E-state index in [2.05, 4.69) is 20.0 Å². The molecule has 0 saturated carbocycles. The first-order chi connectivity index (χ1) is 12.9. The molecule has 2 aromatic carbocycles. The van der Waals surface area contributed by atoms with Gasteiger partial charge in [0.05, 0.1) is 17.6 Å². The van der Waals surface area contributed by atoms with Gasteiger partial charge in [0, 0.05) is 18.5 Å². The Morgan fingerprint density at radius 1 is 1.11 bits per heavy atom. The molecule has 1 aromatic heterocycles. The molecule has 8 heteroatoms. The van der Waals surface area contributed by atoms with Gasteiger partial charge in [0.2, 0.25) is 0 Å². The van der Waals surface area contributed by atoms with Crippen molar-refractivity contribution in [1.29, 1.82) is 0 Å². The lowest BCUT2D eigenvalue weighted by atomic mass is 10.1. The lowest BCUT2D eigenvalue weighted by Crippen LogP contribution is -2.25. The minimum atomic E-state index is -4.35. The maximum Gasteiger partial charge on any atom is 0.411 e. The fourth-order valence-corrected chi connectivity index (χ4v) is 2.56. The van der Waals surface area contributed by atoms with Crippen LogP contribution in [0, 0.1) is 0 Å². The second-order valence-electron chi connectivity index (χ2n) is 6.01. The topological polar surface area (TPSA) is 67.0 Å². The van der Waals surface area contributed by atoms with Gasteiger partial charge in [-0.3, -0.25) is 4.79 Å². The van der Waals surface area contributed by atoms with E-state index in [0.29, 0.717) is 24.1 Å². The third-order valence-electron chi connectivity index (χ3n) is 3.84. The molecule has 3 aromatic rings. The number of benzene rings is 2. The number of imidazole rings is 1. The van der Waals surface area contributed by atoms with Crippen LogP contribution in [0.2, 0.25) is 0 Å². The van der Waals surface area contributed by atoms with Gasteiger partial charge < -0.3 is 15.0 Å². The van der Waals surface area contributed by atoms with Gasteiger partial charge in [-0.05, 0) is 29.8 Å². The summed E-state index contributed by atoms with van der Waals surface area (Å²) in [6.45, 7) is -1.04. The number of para-hydroxylation sites is 2. The number of carbonyl (C=O) groups is 1. The van der Waals surface area contributed by atoms with Gasteiger partial charge in [-0.25, -0.2) is 4.98 Å². The quantitative estimate of drug-likeness (QED) is 0.661. The van der Waals surface area contributed by atoms with Crippen molar-refractivity contribution in [1.82, 2.24) is 15.3 Å². The van der Waals surface area contributed by atoms with E-state index in [0.717, 1.165) is 16.9 Å². The van der Waals surface area contributed by atoms with Gasteiger partial charge in [-0.1, -0.05) is 24.3 Å². The molecule has 2 N–H and O–H groups in total. The Bertz CT molecular complexity index is 871. The standard InChI is InChI=1S/C19H18F3N3O2/c20-19(21,22)12-27-11-13-5-7-14(8-6-13)18(26)23-10-9-17-24-15-3-1-2-4-16(15)25-17/h1-8H,9-12H2,(H,23,26)(H,24,25). The van der Waals surface area contributed by atoms with Crippen molar-refractivity contribution in [2.45, 2.75) is 19.2 Å². The maximum atomic E-state index is 12.1. The van der Waals surface area contributed by atoms with E-state index >= 15 is 0 Å². The summed E-state index contributed by atoms with van der Waals surface area (Å²) in [7, 11) is 0. The lowest BCUT2D eigenvalue weighted by molar-refractivity contribution is -0.176. The summed E-state index contributed by atoms with van der Waals surface area (Å²) in [6, 6.07) is 13.9. The Kier molecular flexibility index (Phi) is 5.75. The molecule has 142 valence electrons. The van der Waals surface area contributed by atoms with E-state index in [9.17, 15) is 18.0 Å². The Morgan fingerprint density at radius 3 is 2.56 bits per heavy atom. The largest absolute Gasteiger partial charge is 0.411 e. The Hall–Kier alpha value is -2.87. The summed E-state index contributed by atoms with van der Waals surface area (Å²) in [5, 5.41) is 2.80. The van der Waals surface area contributed by atoms with Crippen molar-refractivity contribution in [3.63, 3.8) is 0 Å². The Labute approximate surface area is 153 Å². The van der Waals surface area contributed by atoms with Crippen LogP contribution >= 0.6 is 0 Å². The Balaban J connectivity index is 1.46. The predicted molar refractivity (Wildman–Crippen MR) is 94.3 cm³/mol. The van der Waals surface area contributed by atoms with Gasteiger partial charge in [0.1, 0.15) is 12.4 Å². The van der Waals surface area contributed by atoms with Gasteiger partial charge in [-0.15, -0.1) is 0 Å². The first-order valence-corrected chi connectivity index (χ1v) is 8.36.